The Kier molecular flexibility index (Phi) is 4.58. The fourth-order valence-corrected chi connectivity index (χ4v) is 2.11. The van der Waals surface area contributed by atoms with E-state index in [1.54, 1.807) is 12.1 Å². The van der Waals surface area contributed by atoms with Gasteiger partial charge in [0.05, 0.1) is 5.69 Å². The summed E-state index contributed by atoms with van der Waals surface area (Å²) in [5, 5.41) is 0.0826. The molecule has 1 aromatic heterocycles. The Morgan fingerprint density at radius 1 is 1.24 bits per heavy atom. The van der Waals surface area contributed by atoms with Crippen LogP contribution in [-0.4, -0.2) is 22.8 Å². The summed E-state index contributed by atoms with van der Waals surface area (Å²) in [7, 11) is 0. The Morgan fingerprint density at radius 3 is 2.57 bits per heavy atom. The number of benzene rings is 1. The lowest BCUT2D eigenvalue weighted by Crippen LogP contribution is -2.19. The third kappa shape index (κ3) is 4.47. The van der Waals surface area contributed by atoms with E-state index in [9.17, 15) is 13.2 Å². The minimum Gasteiger partial charge on any atom is -0.483 e. The molecule has 0 amide bonds. The van der Waals surface area contributed by atoms with Crippen LogP contribution in [0.4, 0.5) is 19.1 Å². The molecule has 21 heavy (non-hydrogen) atoms. The van der Waals surface area contributed by atoms with Gasteiger partial charge in [-0.3, -0.25) is 0 Å². The molecule has 0 fully saturated rings. The minimum atomic E-state index is -4.44. The topological polar surface area (TPSA) is 61.0 Å². The monoisotopic (exact) mass is 381 g/mol. The fourth-order valence-electron chi connectivity index (χ4n) is 1.56. The van der Waals surface area contributed by atoms with Crippen LogP contribution in [-0.2, 0) is 0 Å². The van der Waals surface area contributed by atoms with Crippen molar-refractivity contribution in [3.05, 3.63) is 33.9 Å². The molecule has 0 saturated heterocycles. The van der Waals surface area contributed by atoms with E-state index >= 15 is 0 Å². The molecule has 0 bridgehead atoms. The molecule has 1 heterocycles. The van der Waals surface area contributed by atoms with E-state index in [1.165, 1.54) is 12.1 Å². The number of ether oxygens (including phenoxy) is 1. The van der Waals surface area contributed by atoms with E-state index in [4.69, 9.17) is 22.1 Å². The number of nitrogens with two attached hydrogens (primary N) is 1. The lowest BCUT2D eigenvalue weighted by Gasteiger charge is -2.13. The first-order valence-corrected chi connectivity index (χ1v) is 6.71. The molecule has 2 rings (SSSR count). The van der Waals surface area contributed by atoms with Crippen molar-refractivity contribution in [2.24, 2.45) is 0 Å². The summed E-state index contributed by atoms with van der Waals surface area (Å²) in [5.74, 6) is -0.0658. The Morgan fingerprint density at radius 2 is 1.95 bits per heavy atom. The van der Waals surface area contributed by atoms with Gasteiger partial charge < -0.3 is 10.5 Å². The molecule has 0 atom stereocenters. The number of rotatable bonds is 3. The molecule has 1 aromatic carbocycles. The van der Waals surface area contributed by atoms with Gasteiger partial charge in [-0.25, -0.2) is 9.97 Å². The van der Waals surface area contributed by atoms with Crippen molar-refractivity contribution in [1.82, 2.24) is 9.97 Å². The molecule has 0 radical (unpaired) electrons. The SMILES string of the molecule is Nc1nc(Cl)cc(-c2cc(Br)ccc2OCC(F)(F)F)n1. The molecule has 0 aliphatic carbocycles. The summed E-state index contributed by atoms with van der Waals surface area (Å²) in [5.41, 5.74) is 6.08. The van der Waals surface area contributed by atoms with Crippen LogP contribution in [0.3, 0.4) is 0 Å². The van der Waals surface area contributed by atoms with E-state index in [0.29, 0.717) is 10.0 Å². The molecule has 0 unspecified atom stereocenters. The second-order valence-electron chi connectivity index (χ2n) is 3.98. The number of halogens is 5. The second kappa shape index (κ2) is 6.07. The predicted molar refractivity (Wildman–Crippen MR) is 76.1 cm³/mol. The first-order valence-electron chi connectivity index (χ1n) is 5.54. The number of hydrogen-bond donors (Lipinski definition) is 1. The van der Waals surface area contributed by atoms with Crippen molar-refractivity contribution in [1.29, 1.82) is 0 Å². The maximum absolute atomic E-state index is 12.3. The van der Waals surface area contributed by atoms with Crippen molar-refractivity contribution in [2.75, 3.05) is 12.3 Å². The number of nitrogens with zero attached hydrogens (tertiary/aromatic N) is 2. The molecule has 0 aliphatic heterocycles. The van der Waals surface area contributed by atoms with Gasteiger partial charge in [0.15, 0.2) is 6.61 Å². The van der Waals surface area contributed by atoms with Crippen molar-refractivity contribution in [3.63, 3.8) is 0 Å². The number of alkyl halides is 3. The van der Waals surface area contributed by atoms with Gasteiger partial charge in [-0.1, -0.05) is 27.5 Å². The second-order valence-corrected chi connectivity index (χ2v) is 5.28. The van der Waals surface area contributed by atoms with Gasteiger partial charge in [0.2, 0.25) is 5.95 Å². The maximum atomic E-state index is 12.3. The van der Waals surface area contributed by atoms with E-state index in [-0.39, 0.29) is 22.5 Å². The molecule has 4 nitrogen and oxygen atoms in total. The van der Waals surface area contributed by atoms with Crippen LogP contribution in [0, 0.1) is 0 Å². The zero-order chi connectivity index (χ0) is 15.6. The largest absolute Gasteiger partial charge is 0.483 e. The Bertz CT molecular complexity index is 646. The summed E-state index contributed by atoms with van der Waals surface area (Å²) >= 11 is 9.01. The fraction of sp³-hybridized carbons (Fsp3) is 0.167. The number of anilines is 1. The quantitative estimate of drug-likeness (QED) is 0.813. The molecule has 112 valence electrons. The third-order valence-corrected chi connectivity index (χ3v) is 3.01. The highest BCUT2D eigenvalue weighted by Gasteiger charge is 2.29. The average molecular weight is 383 g/mol. The predicted octanol–water partition coefficient (Wildman–Crippen LogP) is 4.08. The van der Waals surface area contributed by atoms with Crippen LogP contribution < -0.4 is 10.5 Å². The first-order chi connectivity index (χ1) is 9.74. The van der Waals surface area contributed by atoms with Crippen LogP contribution in [0.25, 0.3) is 11.3 Å². The summed E-state index contributed by atoms with van der Waals surface area (Å²) in [4.78, 5) is 7.65. The van der Waals surface area contributed by atoms with E-state index < -0.39 is 12.8 Å². The Labute approximate surface area is 131 Å². The lowest BCUT2D eigenvalue weighted by molar-refractivity contribution is -0.153. The molecular formula is C12H8BrClF3N3O. The van der Waals surface area contributed by atoms with Gasteiger partial charge in [0, 0.05) is 16.1 Å². The smallest absolute Gasteiger partial charge is 0.422 e. The highest BCUT2D eigenvalue weighted by atomic mass is 79.9. The molecule has 0 aliphatic rings. The zero-order valence-electron chi connectivity index (χ0n) is 10.3. The van der Waals surface area contributed by atoms with Crippen LogP contribution in [0.5, 0.6) is 5.75 Å². The molecule has 0 spiro atoms. The Hall–Kier alpha value is -1.54. The molecule has 2 aromatic rings. The average Bonchev–Trinajstić information content (AvgIpc) is 2.35. The van der Waals surface area contributed by atoms with E-state index in [0.717, 1.165) is 0 Å². The van der Waals surface area contributed by atoms with Crippen LogP contribution in [0.2, 0.25) is 5.15 Å². The summed E-state index contributed by atoms with van der Waals surface area (Å²) < 4.78 is 42.3. The number of nitrogen functional groups attached to an aromatic ring is 1. The van der Waals surface area contributed by atoms with Gasteiger partial charge in [-0.15, -0.1) is 0 Å². The minimum absolute atomic E-state index is 0.0182. The number of aromatic nitrogens is 2. The van der Waals surface area contributed by atoms with Crippen LogP contribution in [0.15, 0.2) is 28.7 Å². The van der Waals surface area contributed by atoms with Crippen molar-refractivity contribution in [3.8, 4) is 17.0 Å². The zero-order valence-corrected chi connectivity index (χ0v) is 12.6. The molecule has 0 saturated carbocycles. The molecule has 2 N–H and O–H groups in total. The Balaban J connectivity index is 2.43. The summed E-state index contributed by atoms with van der Waals surface area (Å²) in [6.07, 6.45) is -4.44. The van der Waals surface area contributed by atoms with E-state index in [2.05, 4.69) is 25.9 Å². The molecular weight excluding hydrogens is 375 g/mol. The summed E-state index contributed by atoms with van der Waals surface area (Å²) in [6, 6.07) is 5.91. The van der Waals surface area contributed by atoms with Crippen molar-refractivity contribution >= 4 is 33.5 Å². The van der Waals surface area contributed by atoms with Gasteiger partial charge in [0.25, 0.3) is 0 Å². The normalized spacial score (nSPS) is 11.5. The summed E-state index contributed by atoms with van der Waals surface area (Å²) in [6.45, 7) is -1.41. The van der Waals surface area contributed by atoms with Crippen LogP contribution >= 0.6 is 27.5 Å². The van der Waals surface area contributed by atoms with Gasteiger partial charge in [0.1, 0.15) is 10.9 Å². The van der Waals surface area contributed by atoms with E-state index in [1.807, 2.05) is 0 Å². The van der Waals surface area contributed by atoms with Crippen LogP contribution in [0.1, 0.15) is 0 Å². The third-order valence-electron chi connectivity index (χ3n) is 2.32. The van der Waals surface area contributed by atoms with Gasteiger partial charge >= 0.3 is 6.18 Å². The highest BCUT2D eigenvalue weighted by Crippen LogP contribution is 2.33. The number of hydrogen-bond acceptors (Lipinski definition) is 4. The van der Waals surface area contributed by atoms with Gasteiger partial charge in [-0.05, 0) is 18.2 Å². The maximum Gasteiger partial charge on any atom is 0.422 e. The van der Waals surface area contributed by atoms with Gasteiger partial charge in [-0.2, -0.15) is 13.2 Å². The molecule has 9 heteroatoms. The lowest BCUT2D eigenvalue weighted by atomic mass is 10.1. The van der Waals surface area contributed by atoms with Crippen molar-refractivity contribution < 1.29 is 17.9 Å². The van der Waals surface area contributed by atoms with Crippen molar-refractivity contribution in [2.45, 2.75) is 6.18 Å². The highest BCUT2D eigenvalue weighted by molar-refractivity contribution is 9.10. The first kappa shape index (κ1) is 15.8. The standard InChI is InChI=1S/C12H8BrClF3N3O/c13-6-1-2-9(21-5-12(15,16)17)7(3-6)8-4-10(14)20-11(18)19-8/h1-4H,5H2,(H2,18,19,20).